The molecule has 7 amide bonds. The van der Waals surface area contributed by atoms with Gasteiger partial charge in [0.1, 0.15) is 17.6 Å². The van der Waals surface area contributed by atoms with Crippen LogP contribution in [0.15, 0.2) is 61.3 Å². The predicted molar refractivity (Wildman–Crippen MR) is 288 cm³/mol. The lowest BCUT2D eigenvalue weighted by atomic mass is 9.90. The van der Waals surface area contributed by atoms with E-state index in [4.69, 9.17) is 10.7 Å². The van der Waals surface area contributed by atoms with E-state index in [1.807, 2.05) is 28.0 Å². The molecular formula is C56H67N13O8. The van der Waals surface area contributed by atoms with Crippen LogP contribution in [0, 0.1) is 5.41 Å². The molecule has 6 aliphatic heterocycles. The molecule has 4 fully saturated rings. The number of fused-ring (bicyclic) bond motifs is 4. The van der Waals surface area contributed by atoms with E-state index in [0.29, 0.717) is 55.5 Å². The number of hydrogen-bond donors (Lipinski definition) is 5. The molecule has 21 nitrogen and oxygen atoms in total. The van der Waals surface area contributed by atoms with Crippen molar-refractivity contribution in [1.82, 2.24) is 34.6 Å². The molecule has 4 aromatic rings. The Bertz CT molecular complexity index is 3140. The van der Waals surface area contributed by atoms with E-state index in [0.717, 1.165) is 68.0 Å². The van der Waals surface area contributed by atoms with Crippen LogP contribution in [0.5, 0.6) is 0 Å². The number of amides is 7. The van der Waals surface area contributed by atoms with Gasteiger partial charge in [0.15, 0.2) is 11.5 Å². The number of hydrogen-bond acceptors (Lipinski definition) is 15. The summed E-state index contributed by atoms with van der Waals surface area (Å²) in [5.74, 6) is -2.81. The highest BCUT2D eigenvalue weighted by Gasteiger charge is 2.46. The average Bonchev–Trinajstić information content (AvgIpc) is 4.07. The fraction of sp³-hybridized carbons (Fsp3) is 0.482. The Labute approximate surface area is 446 Å². The second kappa shape index (κ2) is 20.1. The van der Waals surface area contributed by atoms with Crippen LogP contribution in [-0.4, -0.2) is 158 Å². The summed E-state index contributed by atoms with van der Waals surface area (Å²) in [5.41, 5.74) is 12.3. The van der Waals surface area contributed by atoms with Gasteiger partial charge in [-0.1, -0.05) is 20.4 Å². The SMILES string of the molecule is C=CC(=O)Nc1cc(Nc2nc(N3CCCC(N4CCn5c(cc6c5CC(C)(C)C6)C4=O)C3CO)cnc2C(N)=O)ccc1N1CCN(C2CCN(c3ccc4c(c3)C(=O)N(C3CCC(=O)NC3=O)C4=O)[C@@H](C)C2)C[C@@H]1C. The molecule has 404 valence electrons. The third-order valence-electron chi connectivity index (χ3n) is 17.1. The molecular weight excluding hydrogens is 983 g/mol. The smallest absolute Gasteiger partial charge is 0.271 e. The number of imide groups is 2. The van der Waals surface area contributed by atoms with Crippen molar-refractivity contribution in [2.45, 2.75) is 122 Å². The highest BCUT2D eigenvalue weighted by Crippen LogP contribution is 2.41. The summed E-state index contributed by atoms with van der Waals surface area (Å²) in [6, 6.07) is 11.5. The lowest BCUT2D eigenvalue weighted by molar-refractivity contribution is -0.136. The number of primary amides is 1. The summed E-state index contributed by atoms with van der Waals surface area (Å²) >= 11 is 0. The first kappa shape index (κ1) is 51.5. The van der Waals surface area contributed by atoms with Gasteiger partial charge in [-0.05, 0) is 118 Å². The van der Waals surface area contributed by atoms with Crippen LogP contribution in [0.3, 0.4) is 0 Å². The van der Waals surface area contributed by atoms with E-state index >= 15 is 0 Å². The Morgan fingerprint density at radius 2 is 1.66 bits per heavy atom. The molecule has 2 aromatic heterocycles. The quantitative estimate of drug-likeness (QED) is 0.1000. The minimum Gasteiger partial charge on any atom is -0.394 e. The number of piperazine rings is 1. The molecule has 77 heavy (non-hydrogen) atoms. The monoisotopic (exact) mass is 1050 g/mol. The topological polar surface area (TPSA) is 252 Å². The van der Waals surface area contributed by atoms with Crippen LogP contribution < -0.4 is 36.4 Å². The number of nitrogens with zero attached hydrogens (tertiary/aromatic N) is 9. The molecule has 21 heteroatoms. The van der Waals surface area contributed by atoms with Gasteiger partial charge >= 0.3 is 0 Å². The Balaban J connectivity index is 0.763. The molecule has 1 aliphatic carbocycles. The number of aliphatic hydroxyl groups is 1. The minimum absolute atomic E-state index is 0.0314. The van der Waals surface area contributed by atoms with E-state index < -0.39 is 47.5 Å². The normalized spacial score (nSPS) is 25.4. The molecule has 11 rings (SSSR count). The third kappa shape index (κ3) is 9.35. The lowest BCUT2D eigenvalue weighted by Crippen LogP contribution is -2.60. The van der Waals surface area contributed by atoms with E-state index in [9.17, 15) is 38.7 Å². The fourth-order valence-corrected chi connectivity index (χ4v) is 13.4. The Kier molecular flexibility index (Phi) is 13.4. The zero-order chi connectivity index (χ0) is 54.2. The molecule has 6 atom stereocenters. The van der Waals surface area contributed by atoms with Crippen LogP contribution in [0.25, 0.3) is 0 Å². The molecule has 0 bridgehead atoms. The van der Waals surface area contributed by atoms with Gasteiger partial charge in [0.25, 0.3) is 23.6 Å². The van der Waals surface area contributed by atoms with E-state index in [2.05, 4.69) is 80.5 Å². The molecule has 0 saturated carbocycles. The van der Waals surface area contributed by atoms with Gasteiger partial charge in [-0.25, -0.2) is 9.97 Å². The van der Waals surface area contributed by atoms with Crippen molar-refractivity contribution in [2.75, 3.05) is 71.2 Å². The van der Waals surface area contributed by atoms with Gasteiger partial charge in [-0.2, -0.15) is 0 Å². The summed E-state index contributed by atoms with van der Waals surface area (Å²) in [5, 5.41) is 19.5. The van der Waals surface area contributed by atoms with Gasteiger partial charge in [-0.3, -0.25) is 48.7 Å². The Morgan fingerprint density at radius 1 is 0.870 bits per heavy atom. The first-order chi connectivity index (χ1) is 36.9. The van der Waals surface area contributed by atoms with Gasteiger partial charge in [0.2, 0.25) is 17.7 Å². The maximum absolute atomic E-state index is 14.2. The lowest BCUT2D eigenvalue weighted by Gasteiger charge is -2.48. The van der Waals surface area contributed by atoms with Crippen molar-refractivity contribution < 1.29 is 38.7 Å². The number of piperidine rings is 3. The molecule has 8 heterocycles. The van der Waals surface area contributed by atoms with Crippen LogP contribution >= 0.6 is 0 Å². The van der Waals surface area contributed by atoms with Gasteiger partial charge in [-0.15, -0.1) is 0 Å². The van der Waals surface area contributed by atoms with Crippen molar-refractivity contribution in [3.8, 4) is 0 Å². The van der Waals surface area contributed by atoms with Crippen molar-refractivity contribution in [3.05, 3.63) is 95.1 Å². The van der Waals surface area contributed by atoms with Crippen molar-refractivity contribution in [2.24, 2.45) is 11.1 Å². The molecule has 6 N–H and O–H groups in total. The van der Waals surface area contributed by atoms with Crippen molar-refractivity contribution in [3.63, 3.8) is 0 Å². The molecule has 4 unspecified atom stereocenters. The predicted octanol–water partition coefficient (Wildman–Crippen LogP) is 3.82. The second-order valence-corrected chi connectivity index (χ2v) is 22.6. The summed E-state index contributed by atoms with van der Waals surface area (Å²) in [4.78, 5) is 113. The van der Waals surface area contributed by atoms with Gasteiger partial charge in [0, 0.05) is 87.4 Å². The van der Waals surface area contributed by atoms with Crippen molar-refractivity contribution in [1.29, 1.82) is 0 Å². The summed E-state index contributed by atoms with van der Waals surface area (Å²) in [6.45, 7) is 17.0. The number of rotatable bonds is 12. The highest BCUT2D eigenvalue weighted by molar-refractivity contribution is 6.23. The second-order valence-electron chi connectivity index (χ2n) is 22.6. The fourth-order valence-electron chi connectivity index (χ4n) is 13.4. The molecule has 0 radical (unpaired) electrons. The number of aliphatic hydroxyl groups excluding tert-OH is 1. The number of nitrogens with one attached hydrogen (secondary N) is 3. The zero-order valence-electron chi connectivity index (χ0n) is 44.1. The first-order valence-corrected chi connectivity index (χ1v) is 27.0. The third-order valence-corrected chi connectivity index (χ3v) is 17.1. The molecule has 2 aromatic carbocycles. The average molecular weight is 1050 g/mol. The molecule has 0 spiro atoms. The molecule has 4 saturated heterocycles. The molecule has 7 aliphatic rings. The standard InChI is InChI=1S/C56H67N13O8/c1-6-47(71)60-39-24-34(59-51-49(50(57)73)58-28-46(61-51)67-16-7-8-41(45(67)30-70)68-21-20-66-43(55(68)77)23-33-26-56(4,5)27-44(33)66)9-12-40(39)65-19-18-63(29-32(65)3)35-15-17-64(31(2)22-35)36-10-11-37-38(25-36)54(76)69(53(37)75)42-13-14-48(72)62-52(42)74/h6,9-12,23-25,28,31-32,35,41-42,45,70H,1,7-8,13-22,26-27,29-30H2,2-5H3,(H2,57,73)(H,59,61)(H,60,71)(H,62,72,74)/t31-,32-,35?,41?,42?,45?/m0/s1. The summed E-state index contributed by atoms with van der Waals surface area (Å²) in [7, 11) is 0. The number of benzene rings is 2. The largest absolute Gasteiger partial charge is 0.394 e. The van der Waals surface area contributed by atoms with Crippen LogP contribution in [0.2, 0.25) is 0 Å². The number of nitrogens with two attached hydrogens (primary N) is 1. The van der Waals surface area contributed by atoms with E-state index in [1.54, 1.807) is 18.2 Å². The Morgan fingerprint density at radius 3 is 2.40 bits per heavy atom. The van der Waals surface area contributed by atoms with Gasteiger partial charge < -0.3 is 45.6 Å². The van der Waals surface area contributed by atoms with Crippen LogP contribution in [0.1, 0.15) is 119 Å². The summed E-state index contributed by atoms with van der Waals surface area (Å²) < 4.78 is 2.19. The Hall–Kier alpha value is -7.65. The first-order valence-electron chi connectivity index (χ1n) is 27.0. The zero-order valence-corrected chi connectivity index (χ0v) is 44.1. The number of carbonyl (C=O) groups excluding carboxylic acids is 7. The minimum atomic E-state index is -1.02. The van der Waals surface area contributed by atoms with Gasteiger partial charge in [0.05, 0.1) is 47.4 Å². The number of anilines is 6. The highest BCUT2D eigenvalue weighted by atomic mass is 16.3. The van der Waals surface area contributed by atoms with Crippen LogP contribution in [-0.2, 0) is 33.8 Å². The summed E-state index contributed by atoms with van der Waals surface area (Å²) in [6.07, 6.45) is 7.91. The van der Waals surface area contributed by atoms with Crippen molar-refractivity contribution >= 4 is 75.7 Å². The maximum Gasteiger partial charge on any atom is 0.271 e. The van der Waals surface area contributed by atoms with E-state index in [1.165, 1.54) is 23.5 Å². The number of aromatic nitrogens is 3. The number of carbonyl (C=O) groups is 7. The van der Waals surface area contributed by atoms with E-state index in [-0.39, 0.29) is 77.6 Å². The van der Waals surface area contributed by atoms with Crippen LogP contribution in [0.4, 0.5) is 34.4 Å². The maximum atomic E-state index is 14.2.